The number of oxazole rings is 1. The highest BCUT2D eigenvalue weighted by molar-refractivity contribution is 5.65. The van der Waals surface area contributed by atoms with Gasteiger partial charge in [0.25, 0.3) is 0 Å². The van der Waals surface area contributed by atoms with Gasteiger partial charge in [0.1, 0.15) is 0 Å². The molecule has 0 amide bonds. The van der Waals surface area contributed by atoms with Gasteiger partial charge >= 0.3 is 5.76 Å². The molecule has 1 heterocycles. The van der Waals surface area contributed by atoms with Crippen molar-refractivity contribution in [3.8, 4) is 22.8 Å². The maximum absolute atomic E-state index is 12.5. The van der Waals surface area contributed by atoms with Gasteiger partial charge in [-0.1, -0.05) is 36.4 Å². The Morgan fingerprint density at radius 1 is 1.08 bits per heavy atom. The number of nitrogens with zero attached hydrogens (tertiary/aromatic N) is 1. The van der Waals surface area contributed by atoms with Crippen LogP contribution in [0.4, 0.5) is 0 Å². The van der Waals surface area contributed by atoms with Crippen LogP contribution in [0.5, 0.6) is 11.5 Å². The number of allylic oxidation sites excluding steroid dienone is 1. The first-order chi connectivity index (χ1) is 12.7. The molecule has 134 valence electrons. The van der Waals surface area contributed by atoms with E-state index in [0.717, 1.165) is 16.8 Å². The van der Waals surface area contributed by atoms with E-state index >= 15 is 0 Å². The number of hydrogen-bond acceptors (Lipinski definition) is 4. The quantitative estimate of drug-likeness (QED) is 0.606. The van der Waals surface area contributed by atoms with Crippen molar-refractivity contribution in [1.82, 2.24) is 4.57 Å². The summed E-state index contributed by atoms with van der Waals surface area (Å²) >= 11 is 0. The fraction of sp³-hybridized carbons (Fsp3) is 0.190. The van der Waals surface area contributed by atoms with Crippen molar-refractivity contribution < 1.29 is 13.9 Å². The largest absolute Gasteiger partial charge is 0.493 e. The first-order valence-corrected chi connectivity index (χ1v) is 8.27. The van der Waals surface area contributed by atoms with Gasteiger partial charge in [0, 0.05) is 12.0 Å². The van der Waals surface area contributed by atoms with Crippen LogP contribution in [-0.2, 0) is 13.0 Å². The zero-order valence-electron chi connectivity index (χ0n) is 14.9. The molecule has 0 saturated heterocycles. The van der Waals surface area contributed by atoms with Gasteiger partial charge in [0.2, 0.25) is 0 Å². The summed E-state index contributed by atoms with van der Waals surface area (Å²) < 4.78 is 17.9. The second-order valence-corrected chi connectivity index (χ2v) is 5.78. The molecule has 5 heteroatoms. The SMILES string of the molecule is C=CCc1c(-c2ccc(OC)c(OC)c2)oc(=O)n1Cc1ccccc1. The highest BCUT2D eigenvalue weighted by Gasteiger charge is 2.19. The molecular formula is C21H21NO4. The van der Waals surface area contributed by atoms with E-state index < -0.39 is 5.76 Å². The van der Waals surface area contributed by atoms with Crippen molar-refractivity contribution in [1.29, 1.82) is 0 Å². The molecule has 0 bridgehead atoms. The van der Waals surface area contributed by atoms with E-state index in [9.17, 15) is 4.79 Å². The minimum Gasteiger partial charge on any atom is -0.493 e. The molecule has 0 atom stereocenters. The summed E-state index contributed by atoms with van der Waals surface area (Å²) in [5, 5.41) is 0. The van der Waals surface area contributed by atoms with Gasteiger partial charge in [-0.2, -0.15) is 0 Å². The molecule has 0 aliphatic heterocycles. The number of methoxy groups -OCH3 is 2. The van der Waals surface area contributed by atoms with Crippen LogP contribution in [0.15, 0.2) is 70.4 Å². The number of rotatable bonds is 7. The van der Waals surface area contributed by atoms with Crippen LogP contribution in [0.3, 0.4) is 0 Å². The molecule has 2 aromatic carbocycles. The number of ether oxygens (including phenoxy) is 2. The summed E-state index contributed by atoms with van der Waals surface area (Å²) in [6, 6.07) is 15.2. The molecule has 5 nitrogen and oxygen atoms in total. The molecule has 0 radical (unpaired) electrons. The molecule has 1 aromatic heterocycles. The number of aromatic nitrogens is 1. The Kier molecular flexibility index (Phi) is 5.27. The third kappa shape index (κ3) is 3.42. The van der Waals surface area contributed by atoms with Crippen LogP contribution in [0.2, 0.25) is 0 Å². The molecule has 3 aromatic rings. The van der Waals surface area contributed by atoms with Crippen LogP contribution in [0.25, 0.3) is 11.3 Å². The maximum Gasteiger partial charge on any atom is 0.420 e. The van der Waals surface area contributed by atoms with Crippen LogP contribution in [0, 0.1) is 0 Å². The lowest BCUT2D eigenvalue weighted by atomic mass is 10.1. The van der Waals surface area contributed by atoms with Crippen molar-refractivity contribution in [3.05, 3.63) is 83.0 Å². The van der Waals surface area contributed by atoms with Gasteiger partial charge in [-0.15, -0.1) is 6.58 Å². The van der Waals surface area contributed by atoms with Gasteiger partial charge in [-0.05, 0) is 23.8 Å². The topological polar surface area (TPSA) is 53.6 Å². The van der Waals surface area contributed by atoms with Crippen molar-refractivity contribution in [2.24, 2.45) is 0 Å². The van der Waals surface area contributed by atoms with E-state index in [1.807, 2.05) is 36.4 Å². The van der Waals surface area contributed by atoms with Crippen LogP contribution >= 0.6 is 0 Å². The summed E-state index contributed by atoms with van der Waals surface area (Å²) in [6.45, 7) is 4.25. The van der Waals surface area contributed by atoms with E-state index in [1.54, 1.807) is 37.0 Å². The van der Waals surface area contributed by atoms with Gasteiger partial charge < -0.3 is 13.9 Å². The normalized spacial score (nSPS) is 10.5. The molecule has 26 heavy (non-hydrogen) atoms. The predicted molar refractivity (Wildman–Crippen MR) is 101 cm³/mol. The lowest BCUT2D eigenvalue weighted by molar-refractivity contribution is 0.355. The minimum absolute atomic E-state index is 0.393. The second-order valence-electron chi connectivity index (χ2n) is 5.78. The van der Waals surface area contributed by atoms with Crippen LogP contribution < -0.4 is 15.2 Å². The Labute approximate surface area is 152 Å². The molecule has 0 aliphatic rings. The summed E-state index contributed by atoms with van der Waals surface area (Å²) in [5.41, 5.74) is 2.56. The third-order valence-electron chi connectivity index (χ3n) is 4.16. The van der Waals surface area contributed by atoms with Gasteiger partial charge in [-0.25, -0.2) is 4.79 Å². The van der Waals surface area contributed by atoms with Crippen molar-refractivity contribution in [3.63, 3.8) is 0 Å². The first kappa shape index (κ1) is 17.6. The van der Waals surface area contributed by atoms with Crippen molar-refractivity contribution in [2.45, 2.75) is 13.0 Å². The van der Waals surface area contributed by atoms with E-state index in [1.165, 1.54) is 0 Å². The standard InChI is InChI=1S/C21H21NO4/c1-4-8-17-20(16-11-12-18(24-2)19(13-16)25-3)26-21(23)22(17)14-15-9-6-5-7-10-15/h4-7,9-13H,1,8,14H2,2-3H3. The smallest absolute Gasteiger partial charge is 0.420 e. The summed E-state index contributed by atoms with van der Waals surface area (Å²) in [5.74, 6) is 1.32. The molecule has 0 N–H and O–H groups in total. The van der Waals surface area contributed by atoms with Gasteiger partial charge in [-0.3, -0.25) is 4.57 Å². The highest BCUT2D eigenvalue weighted by atomic mass is 16.5. The lowest BCUT2D eigenvalue weighted by Crippen LogP contribution is -2.17. The zero-order valence-corrected chi connectivity index (χ0v) is 14.9. The number of benzene rings is 2. The monoisotopic (exact) mass is 351 g/mol. The predicted octanol–water partition coefficient (Wildman–Crippen LogP) is 3.90. The molecule has 0 fully saturated rings. The van der Waals surface area contributed by atoms with E-state index in [4.69, 9.17) is 13.9 Å². The maximum atomic E-state index is 12.5. The first-order valence-electron chi connectivity index (χ1n) is 8.27. The van der Waals surface area contributed by atoms with Crippen molar-refractivity contribution in [2.75, 3.05) is 14.2 Å². The Morgan fingerprint density at radius 3 is 2.46 bits per heavy atom. The van der Waals surface area contributed by atoms with E-state index in [-0.39, 0.29) is 0 Å². The molecule has 0 unspecified atom stereocenters. The van der Waals surface area contributed by atoms with Crippen molar-refractivity contribution >= 4 is 0 Å². The summed E-state index contributed by atoms with van der Waals surface area (Å²) in [4.78, 5) is 12.5. The van der Waals surface area contributed by atoms with Gasteiger partial charge in [0.05, 0.1) is 26.5 Å². The van der Waals surface area contributed by atoms with E-state index in [2.05, 4.69) is 6.58 Å². The molecule has 0 saturated carbocycles. The lowest BCUT2D eigenvalue weighted by Gasteiger charge is -2.10. The van der Waals surface area contributed by atoms with Crippen LogP contribution in [0.1, 0.15) is 11.3 Å². The summed E-state index contributed by atoms with van der Waals surface area (Å²) in [7, 11) is 3.15. The second kappa shape index (κ2) is 7.78. The Balaban J connectivity index is 2.09. The Morgan fingerprint density at radius 2 is 1.81 bits per heavy atom. The highest BCUT2D eigenvalue weighted by Crippen LogP contribution is 2.33. The molecule has 3 rings (SSSR count). The third-order valence-corrected chi connectivity index (χ3v) is 4.16. The van der Waals surface area contributed by atoms with Gasteiger partial charge in [0.15, 0.2) is 17.3 Å². The Bertz CT molecular complexity index is 954. The number of hydrogen-bond donors (Lipinski definition) is 0. The average Bonchev–Trinajstić information content (AvgIpc) is 2.98. The zero-order chi connectivity index (χ0) is 18.5. The minimum atomic E-state index is -0.393. The Hall–Kier alpha value is -3.21. The molecule has 0 spiro atoms. The fourth-order valence-electron chi connectivity index (χ4n) is 2.90. The fourth-order valence-corrected chi connectivity index (χ4v) is 2.90. The van der Waals surface area contributed by atoms with Crippen LogP contribution in [-0.4, -0.2) is 18.8 Å². The molecular weight excluding hydrogens is 330 g/mol. The summed E-state index contributed by atoms with van der Waals surface area (Å²) in [6.07, 6.45) is 2.28. The van der Waals surface area contributed by atoms with E-state index in [0.29, 0.717) is 30.2 Å². The molecule has 0 aliphatic carbocycles. The average molecular weight is 351 g/mol.